The number of carboxylic acids is 2. The number of carboxylic acid groups (broad SMARTS) is 2. The van der Waals surface area contributed by atoms with Crippen molar-refractivity contribution in [3.63, 3.8) is 0 Å². The third-order valence-electron chi connectivity index (χ3n) is 3.13. The van der Waals surface area contributed by atoms with Gasteiger partial charge in [-0.05, 0) is 47.5 Å². The lowest BCUT2D eigenvalue weighted by atomic mass is 10.2. The van der Waals surface area contributed by atoms with Crippen molar-refractivity contribution in [1.29, 1.82) is 0 Å². The van der Waals surface area contributed by atoms with Crippen LogP contribution in [0, 0.1) is 0 Å². The number of benzene rings is 2. The second-order valence-corrected chi connectivity index (χ2v) is 5.17. The van der Waals surface area contributed by atoms with Crippen LogP contribution in [0.3, 0.4) is 0 Å². The van der Waals surface area contributed by atoms with Gasteiger partial charge in [0.05, 0.1) is 0 Å². The second-order valence-electron chi connectivity index (χ2n) is 5.17. The normalized spacial score (nSPS) is 10.8. The summed E-state index contributed by atoms with van der Waals surface area (Å²) >= 11 is 0. The number of urea groups is 1. The number of hydrogen-bond donors (Lipinski definition) is 4. The van der Waals surface area contributed by atoms with E-state index < -0.39 is 18.0 Å². The van der Waals surface area contributed by atoms with E-state index in [2.05, 4.69) is 10.6 Å². The van der Waals surface area contributed by atoms with Crippen molar-refractivity contribution < 1.29 is 24.6 Å². The molecule has 2 aromatic carbocycles. The summed E-state index contributed by atoms with van der Waals surface area (Å²) in [5.41, 5.74) is 2.26. The maximum atomic E-state index is 12.1. The summed E-state index contributed by atoms with van der Waals surface area (Å²) in [7, 11) is 0. The molecule has 0 aliphatic rings. The summed E-state index contributed by atoms with van der Waals surface area (Å²) in [5, 5.41) is 22.6. The molecule has 0 heterocycles. The highest BCUT2D eigenvalue weighted by Gasteiger charge is 2.03. The maximum absolute atomic E-state index is 12.1. The first-order valence-corrected chi connectivity index (χ1v) is 7.52. The van der Waals surface area contributed by atoms with E-state index >= 15 is 0 Å². The number of carbonyl (C=O) groups excluding carboxylic acids is 1. The van der Waals surface area contributed by atoms with Gasteiger partial charge in [0.1, 0.15) is 0 Å². The number of amides is 2. The predicted molar refractivity (Wildman–Crippen MR) is 98.9 cm³/mol. The highest BCUT2D eigenvalue weighted by atomic mass is 16.4. The van der Waals surface area contributed by atoms with Crippen LogP contribution >= 0.6 is 0 Å². The van der Waals surface area contributed by atoms with Crippen LogP contribution in [0.1, 0.15) is 11.1 Å². The first kappa shape index (κ1) is 18.5. The zero-order valence-corrected chi connectivity index (χ0v) is 13.5. The van der Waals surface area contributed by atoms with E-state index in [4.69, 9.17) is 10.2 Å². The number of nitrogens with one attached hydrogen (secondary N) is 2. The fourth-order valence-electron chi connectivity index (χ4n) is 2.07. The molecule has 0 bridgehead atoms. The van der Waals surface area contributed by atoms with Gasteiger partial charge < -0.3 is 20.8 Å². The van der Waals surface area contributed by atoms with Crippen LogP contribution in [0.15, 0.2) is 60.7 Å². The Morgan fingerprint density at radius 1 is 0.731 bits per heavy atom. The Bertz CT molecular complexity index is 816. The third-order valence-corrected chi connectivity index (χ3v) is 3.13. The number of carbonyl (C=O) groups is 3. The van der Waals surface area contributed by atoms with Crippen LogP contribution in [-0.2, 0) is 9.59 Å². The van der Waals surface area contributed by atoms with E-state index in [0.717, 1.165) is 12.2 Å². The molecule has 132 valence electrons. The van der Waals surface area contributed by atoms with Gasteiger partial charge >= 0.3 is 18.0 Å². The van der Waals surface area contributed by atoms with Gasteiger partial charge in [-0.2, -0.15) is 0 Å². The predicted octanol–water partition coefficient (Wildman–Crippen LogP) is 3.53. The molecule has 26 heavy (non-hydrogen) atoms. The van der Waals surface area contributed by atoms with E-state index in [0.29, 0.717) is 22.5 Å². The minimum Gasteiger partial charge on any atom is -0.478 e. The average Bonchev–Trinajstić information content (AvgIpc) is 2.59. The van der Waals surface area contributed by atoms with Crippen molar-refractivity contribution in [2.24, 2.45) is 0 Å². The molecule has 0 fully saturated rings. The minimum absolute atomic E-state index is 0.483. The monoisotopic (exact) mass is 352 g/mol. The summed E-state index contributed by atoms with van der Waals surface area (Å²) in [4.78, 5) is 33.2. The number of anilines is 2. The highest BCUT2D eigenvalue weighted by Crippen LogP contribution is 2.15. The van der Waals surface area contributed by atoms with Crippen molar-refractivity contribution >= 4 is 41.5 Å². The van der Waals surface area contributed by atoms with Crippen LogP contribution in [0.5, 0.6) is 0 Å². The lowest BCUT2D eigenvalue weighted by Crippen LogP contribution is -2.19. The standard InChI is InChI=1S/C19H16N2O5/c22-17(23)9-7-13-3-1-5-15(11-13)20-19(26)21-16-6-2-4-14(12-16)8-10-18(24)25/h1-12H,(H,22,23)(H,24,25)(H2,20,21,26)/b9-7+,10-8+. The molecule has 4 N–H and O–H groups in total. The molecular formula is C19H16N2O5. The van der Waals surface area contributed by atoms with Crippen LogP contribution in [0.4, 0.5) is 16.2 Å². The smallest absolute Gasteiger partial charge is 0.328 e. The molecule has 2 rings (SSSR count). The molecule has 2 aromatic rings. The molecular weight excluding hydrogens is 336 g/mol. The molecule has 7 nitrogen and oxygen atoms in total. The van der Waals surface area contributed by atoms with E-state index in [9.17, 15) is 14.4 Å². The van der Waals surface area contributed by atoms with E-state index in [1.807, 2.05) is 0 Å². The van der Waals surface area contributed by atoms with Crippen molar-refractivity contribution in [1.82, 2.24) is 0 Å². The van der Waals surface area contributed by atoms with Crippen LogP contribution < -0.4 is 10.6 Å². The maximum Gasteiger partial charge on any atom is 0.328 e. The molecule has 0 saturated heterocycles. The first-order chi connectivity index (χ1) is 12.4. The first-order valence-electron chi connectivity index (χ1n) is 7.52. The van der Waals surface area contributed by atoms with Crippen LogP contribution in [-0.4, -0.2) is 28.2 Å². The van der Waals surface area contributed by atoms with Crippen molar-refractivity contribution in [2.75, 3.05) is 10.6 Å². The Labute approximate surface area is 149 Å². The van der Waals surface area contributed by atoms with Gasteiger partial charge in [-0.3, -0.25) is 0 Å². The van der Waals surface area contributed by atoms with Gasteiger partial charge in [0, 0.05) is 23.5 Å². The molecule has 7 heteroatoms. The summed E-state index contributed by atoms with van der Waals surface area (Å²) in [5.74, 6) is -2.11. The molecule has 2 amide bonds. The van der Waals surface area contributed by atoms with E-state index in [1.54, 1.807) is 48.5 Å². The molecule has 0 aliphatic heterocycles. The molecule has 0 radical (unpaired) electrons. The van der Waals surface area contributed by atoms with Gasteiger partial charge in [-0.15, -0.1) is 0 Å². The third kappa shape index (κ3) is 6.32. The van der Waals surface area contributed by atoms with Crippen molar-refractivity contribution in [3.05, 3.63) is 71.8 Å². The summed E-state index contributed by atoms with van der Waals surface area (Å²) in [6.07, 6.45) is 4.86. The van der Waals surface area contributed by atoms with Crippen molar-refractivity contribution in [3.8, 4) is 0 Å². The number of aliphatic carboxylic acids is 2. The Kier molecular flexibility index (Phi) is 6.28. The molecule has 0 atom stereocenters. The Hall–Kier alpha value is -3.87. The van der Waals surface area contributed by atoms with E-state index in [1.165, 1.54) is 12.2 Å². The van der Waals surface area contributed by atoms with Crippen LogP contribution in [0.2, 0.25) is 0 Å². The fraction of sp³-hybridized carbons (Fsp3) is 0. The largest absolute Gasteiger partial charge is 0.478 e. The Balaban J connectivity index is 2.03. The quantitative estimate of drug-likeness (QED) is 0.594. The molecule has 0 spiro atoms. The van der Waals surface area contributed by atoms with Crippen molar-refractivity contribution in [2.45, 2.75) is 0 Å². The molecule has 0 aliphatic carbocycles. The molecule has 0 aromatic heterocycles. The van der Waals surface area contributed by atoms with E-state index in [-0.39, 0.29) is 0 Å². The zero-order chi connectivity index (χ0) is 18.9. The van der Waals surface area contributed by atoms with Gasteiger partial charge in [-0.25, -0.2) is 14.4 Å². The topological polar surface area (TPSA) is 116 Å². The highest BCUT2D eigenvalue weighted by molar-refractivity contribution is 6.00. The SMILES string of the molecule is O=C(O)/C=C/c1cccc(NC(=O)Nc2cccc(/C=C/C(=O)O)c2)c1. The number of rotatable bonds is 6. The zero-order valence-electron chi connectivity index (χ0n) is 13.5. The summed E-state index contributed by atoms with van der Waals surface area (Å²) < 4.78 is 0. The van der Waals surface area contributed by atoms with Gasteiger partial charge in [0.15, 0.2) is 0 Å². The van der Waals surface area contributed by atoms with Crippen LogP contribution in [0.25, 0.3) is 12.2 Å². The van der Waals surface area contributed by atoms with Gasteiger partial charge in [-0.1, -0.05) is 24.3 Å². The Morgan fingerprint density at radius 2 is 1.15 bits per heavy atom. The summed E-state index contributed by atoms with van der Waals surface area (Å²) in [6, 6.07) is 12.9. The lowest BCUT2D eigenvalue weighted by molar-refractivity contribution is -0.132. The van der Waals surface area contributed by atoms with Gasteiger partial charge in [0.25, 0.3) is 0 Å². The number of hydrogen-bond acceptors (Lipinski definition) is 3. The summed E-state index contributed by atoms with van der Waals surface area (Å²) in [6.45, 7) is 0. The molecule has 0 unspecified atom stereocenters. The fourth-order valence-corrected chi connectivity index (χ4v) is 2.07. The Morgan fingerprint density at radius 3 is 1.54 bits per heavy atom. The molecule has 0 saturated carbocycles. The lowest BCUT2D eigenvalue weighted by Gasteiger charge is -2.09. The van der Waals surface area contributed by atoms with Gasteiger partial charge in [0.2, 0.25) is 0 Å². The minimum atomic E-state index is -1.06. The second kappa shape index (κ2) is 8.84. The average molecular weight is 352 g/mol.